The summed E-state index contributed by atoms with van der Waals surface area (Å²) in [5, 5.41) is 0. The molecule has 3 aromatic rings. The van der Waals surface area contributed by atoms with Crippen LogP contribution < -0.4 is 14.3 Å². The van der Waals surface area contributed by atoms with Crippen molar-refractivity contribution in [3.8, 4) is 11.5 Å². The van der Waals surface area contributed by atoms with Crippen LogP contribution in [0.15, 0.2) is 52.4 Å². The molecule has 0 aliphatic carbocycles. The first kappa shape index (κ1) is 19.5. The van der Waals surface area contributed by atoms with Crippen LogP contribution in [0.4, 0.5) is 0 Å². The van der Waals surface area contributed by atoms with E-state index in [1.807, 2.05) is 61.0 Å². The highest BCUT2D eigenvalue weighted by Gasteiger charge is 2.10. The number of ether oxygens (including phenoxy) is 2. The van der Waals surface area contributed by atoms with Crippen LogP contribution >= 0.6 is 23.1 Å². The molecule has 1 heterocycles. The van der Waals surface area contributed by atoms with Gasteiger partial charge in [-0.3, -0.25) is 4.79 Å². The summed E-state index contributed by atoms with van der Waals surface area (Å²) in [5.41, 5.74) is 0.975. The average Bonchev–Trinajstić information content (AvgIpc) is 2.99. The van der Waals surface area contributed by atoms with Gasteiger partial charge in [-0.25, -0.2) is 0 Å². The lowest BCUT2D eigenvalue weighted by Crippen LogP contribution is -2.13. The molecular weight excluding hydrogens is 380 g/mol. The van der Waals surface area contributed by atoms with Crippen LogP contribution in [0, 0.1) is 0 Å². The maximum atomic E-state index is 12.3. The van der Waals surface area contributed by atoms with Crippen LogP contribution in [0.5, 0.6) is 11.5 Å². The molecule has 0 N–H and O–H groups in total. The number of hydrogen-bond donors (Lipinski definition) is 0. The highest BCUT2D eigenvalue weighted by molar-refractivity contribution is 7.99. The van der Waals surface area contributed by atoms with Crippen LogP contribution in [-0.4, -0.2) is 29.9 Å². The summed E-state index contributed by atoms with van der Waals surface area (Å²) in [5.74, 6) is 2.22. The van der Waals surface area contributed by atoms with Gasteiger partial charge in [0, 0.05) is 24.1 Å². The lowest BCUT2D eigenvalue weighted by Gasteiger charge is -2.05. The van der Waals surface area contributed by atoms with Gasteiger partial charge in [0.05, 0.1) is 18.4 Å². The third kappa shape index (κ3) is 4.73. The van der Waals surface area contributed by atoms with Crippen molar-refractivity contribution in [3.63, 3.8) is 0 Å². The SMILES string of the molecule is CCOc1cccc2sc(=NC(=O)CCSc3ccc(OC)cc3)n(C)c12. The Labute approximate surface area is 166 Å². The number of para-hydroxylation sites is 1. The van der Waals surface area contributed by atoms with Gasteiger partial charge in [0.2, 0.25) is 5.91 Å². The second-order valence-electron chi connectivity index (χ2n) is 5.76. The lowest BCUT2D eigenvalue weighted by atomic mass is 10.3. The molecule has 5 nitrogen and oxygen atoms in total. The second kappa shape index (κ2) is 9.10. The molecular formula is C20H22N2O3S2. The number of rotatable bonds is 7. The summed E-state index contributed by atoms with van der Waals surface area (Å²) < 4.78 is 13.8. The van der Waals surface area contributed by atoms with E-state index >= 15 is 0 Å². The van der Waals surface area contributed by atoms with E-state index in [1.165, 1.54) is 11.3 Å². The summed E-state index contributed by atoms with van der Waals surface area (Å²) in [4.78, 5) is 18.4. The minimum Gasteiger partial charge on any atom is -0.497 e. The maximum Gasteiger partial charge on any atom is 0.249 e. The number of thiazole rings is 1. The molecule has 7 heteroatoms. The van der Waals surface area contributed by atoms with Crippen molar-refractivity contribution >= 4 is 39.2 Å². The molecule has 1 aromatic heterocycles. The Balaban J connectivity index is 1.69. The predicted molar refractivity (Wildman–Crippen MR) is 111 cm³/mol. The van der Waals surface area contributed by atoms with E-state index in [2.05, 4.69) is 4.99 Å². The fourth-order valence-electron chi connectivity index (χ4n) is 2.64. The Morgan fingerprint density at radius 1 is 1.22 bits per heavy atom. The molecule has 0 fully saturated rings. The van der Waals surface area contributed by atoms with Crippen LogP contribution in [0.3, 0.4) is 0 Å². The molecule has 0 spiro atoms. The van der Waals surface area contributed by atoms with Crippen LogP contribution in [0.2, 0.25) is 0 Å². The molecule has 0 unspecified atom stereocenters. The molecule has 0 bridgehead atoms. The Kier molecular flexibility index (Phi) is 6.58. The van der Waals surface area contributed by atoms with E-state index in [0.29, 0.717) is 23.6 Å². The molecule has 0 saturated carbocycles. The van der Waals surface area contributed by atoms with E-state index in [0.717, 1.165) is 26.6 Å². The van der Waals surface area contributed by atoms with Gasteiger partial charge in [0.25, 0.3) is 0 Å². The summed E-state index contributed by atoms with van der Waals surface area (Å²) in [7, 11) is 3.56. The molecule has 27 heavy (non-hydrogen) atoms. The highest BCUT2D eigenvalue weighted by Crippen LogP contribution is 2.27. The summed E-state index contributed by atoms with van der Waals surface area (Å²) in [6.45, 7) is 2.56. The minimum absolute atomic E-state index is 0.115. The van der Waals surface area contributed by atoms with Crippen LogP contribution in [-0.2, 0) is 11.8 Å². The highest BCUT2D eigenvalue weighted by atomic mass is 32.2. The quantitative estimate of drug-likeness (QED) is 0.554. The number of methoxy groups -OCH3 is 1. The first-order valence-corrected chi connectivity index (χ1v) is 10.5. The van der Waals surface area contributed by atoms with E-state index < -0.39 is 0 Å². The van der Waals surface area contributed by atoms with Crippen molar-refractivity contribution < 1.29 is 14.3 Å². The molecule has 0 aliphatic rings. The first-order valence-electron chi connectivity index (χ1n) is 8.68. The van der Waals surface area contributed by atoms with E-state index in [4.69, 9.17) is 9.47 Å². The Bertz CT molecular complexity index is 991. The van der Waals surface area contributed by atoms with Crippen molar-refractivity contribution in [2.45, 2.75) is 18.2 Å². The number of carbonyl (C=O) groups excluding carboxylic acids is 1. The van der Waals surface area contributed by atoms with Crippen molar-refractivity contribution in [1.29, 1.82) is 0 Å². The minimum atomic E-state index is -0.115. The molecule has 0 radical (unpaired) electrons. The first-order chi connectivity index (χ1) is 13.1. The number of fused-ring (bicyclic) bond motifs is 1. The van der Waals surface area contributed by atoms with E-state index in [9.17, 15) is 4.79 Å². The second-order valence-corrected chi connectivity index (χ2v) is 7.94. The Morgan fingerprint density at radius 3 is 2.70 bits per heavy atom. The number of aromatic nitrogens is 1. The van der Waals surface area contributed by atoms with Crippen molar-refractivity contribution in [1.82, 2.24) is 4.57 Å². The van der Waals surface area contributed by atoms with Crippen molar-refractivity contribution in [3.05, 3.63) is 47.3 Å². The van der Waals surface area contributed by atoms with Gasteiger partial charge >= 0.3 is 0 Å². The van der Waals surface area contributed by atoms with Gasteiger partial charge in [-0.1, -0.05) is 17.4 Å². The number of nitrogens with zero attached hydrogens (tertiary/aromatic N) is 2. The standard InChI is InChI=1S/C20H22N2O3S2/c1-4-25-16-6-5-7-17-19(16)22(2)20(27-17)21-18(23)12-13-26-15-10-8-14(24-3)9-11-15/h5-11H,4,12-13H2,1-3H3. The summed E-state index contributed by atoms with van der Waals surface area (Å²) in [6, 6.07) is 13.7. The molecule has 142 valence electrons. The topological polar surface area (TPSA) is 52.8 Å². The third-order valence-corrected chi connectivity index (χ3v) is 6.06. The zero-order valence-electron chi connectivity index (χ0n) is 15.6. The normalized spacial score (nSPS) is 11.7. The van der Waals surface area contributed by atoms with Gasteiger partial charge in [-0.2, -0.15) is 4.99 Å². The van der Waals surface area contributed by atoms with E-state index in [1.54, 1.807) is 18.9 Å². The fourth-order valence-corrected chi connectivity index (χ4v) is 4.53. The number of aryl methyl sites for hydroxylation is 1. The molecule has 0 atom stereocenters. The molecule has 0 aliphatic heterocycles. The van der Waals surface area contributed by atoms with Gasteiger partial charge < -0.3 is 14.0 Å². The van der Waals surface area contributed by atoms with Gasteiger partial charge in [0.1, 0.15) is 17.0 Å². The van der Waals surface area contributed by atoms with Gasteiger partial charge in [-0.05, 0) is 43.3 Å². The molecule has 0 saturated heterocycles. The number of carbonyl (C=O) groups is 1. The maximum absolute atomic E-state index is 12.3. The van der Waals surface area contributed by atoms with Crippen molar-refractivity contribution in [2.75, 3.05) is 19.5 Å². The zero-order valence-corrected chi connectivity index (χ0v) is 17.2. The van der Waals surface area contributed by atoms with Crippen LogP contribution in [0.25, 0.3) is 10.2 Å². The number of hydrogen-bond acceptors (Lipinski definition) is 5. The monoisotopic (exact) mass is 402 g/mol. The van der Waals surface area contributed by atoms with Gasteiger partial charge in [0.15, 0.2) is 4.80 Å². The molecule has 2 aromatic carbocycles. The lowest BCUT2D eigenvalue weighted by molar-refractivity contribution is -0.117. The van der Waals surface area contributed by atoms with Crippen molar-refractivity contribution in [2.24, 2.45) is 12.0 Å². The Morgan fingerprint density at radius 2 is 2.00 bits per heavy atom. The number of amides is 1. The number of benzene rings is 2. The van der Waals surface area contributed by atoms with Gasteiger partial charge in [-0.15, -0.1) is 11.8 Å². The Hall–Kier alpha value is -2.25. The third-order valence-electron chi connectivity index (χ3n) is 3.95. The van der Waals surface area contributed by atoms with E-state index in [-0.39, 0.29) is 5.91 Å². The molecule has 1 amide bonds. The molecule has 3 rings (SSSR count). The predicted octanol–water partition coefficient (Wildman–Crippen LogP) is 4.26. The smallest absolute Gasteiger partial charge is 0.249 e. The van der Waals surface area contributed by atoms with Crippen LogP contribution in [0.1, 0.15) is 13.3 Å². The summed E-state index contributed by atoms with van der Waals surface area (Å²) >= 11 is 3.14. The average molecular weight is 403 g/mol. The zero-order chi connectivity index (χ0) is 19.2. The fraction of sp³-hybridized carbons (Fsp3) is 0.300. The number of thioether (sulfide) groups is 1. The largest absolute Gasteiger partial charge is 0.497 e. The summed E-state index contributed by atoms with van der Waals surface area (Å²) in [6.07, 6.45) is 0.392.